The van der Waals surface area contributed by atoms with E-state index < -0.39 is 15.1 Å². The molecule has 0 spiro atoms. The fourth-order valence-electron chi connectivity index (χ4n) is 3.05. The summed E-state index contributed by atoms with van der Waals surface area (Å²) in [6, 6.07) is 5.88. The summed E-state index contributed by atoms with van der Waals surface area (Å²) in [5.41, 5.74) is 3.27. The number of amides is 1. The molecule has 2 heterocycles. The van der Waals surface area contributed by atoms with Gasteiger partial charge in [0, 0.05) is 42.0 Å². The number of nitrogens with zero attached hydrogens (tertiary/aromatic N) is 1. The molecule has 0 saturated carbocycles. The third-order valence-electron chi connectivity index (χ3n) is 4.75. The second-order valence-corrected chi connectivity index (χ2v) is 8.72. The maximum absolute atomic E-state index is 12.3. The van der Waals surface area contributed by atoms with Gasteiger partial charge in [-0.2, -0.15) is 0 Å². The van der Waals surface area contributed by atoms with Gasteiger partial charge in [-0.3, -0.25) is 4.79 Å². The average Bonchev–Trinajstić information content (AvgIpc) is 3.02. The molecule has 2 aromatic rings. The highest BCUT2D eigenvalue weighted by atomic mass is 32.2. The summed E-state index contributed by atoms with van der Waals surface area (Å²) in [6.07, 6.45) is 5.75. The van der Waals surface area contributed by atoms with E-state index in [1.807, 2.05) is 30.5 Å². The molecule has 0 radical (unpaired) electrons. The van der Waals surface area contributed by atoms with Gasteiger partial charge in [0.2, 0.25) is 5.91 Å². The van der Waals surface area contributed by atoms with E-state index in [1.165, 1.54) is 6.92 Å². The van der Waals surface area contributed by atoms with Gasteiger partial charge in [0.15, 0.2) is 9.84 Å². The van der Waals surface area contributed by atoms with Crippen molar-refractivity contribution in [3.8, 4) is 5.75 Å². The minimum absolute atomic E-state index is 0.335. The lowest BCUT2D eigenvalue weighted by Crippen LogP contribution is -2.43. The van der Waals surface area contributed by atoms with Crippen LogP contribution < -0.4 is 4.74 Å². The van der Waals surface area contributed by atoms with Crippen LogP contribution in [0, 0.1) is 0 Å². The Kier molecular flexibility index (Phi) is 4.60. The number of nitrogens with one attached hydrogen (secondary N) is 1. The third-order valence-corrected chi connectivity index (χ3v) is 6.23. The van der Waals surface area contributed by atoms with E-state index in [0.717, 1.165) is 34.0 Å². The second-order valence-electron chi connectivity index (χ2n) is 6.35. The van der Waals surface area contributed by atoms with E-state index in [1.54, 1.807) is 12.0 Å². The van der Waals surface area contributed by atoms with Gasteiger partial charge in [-0.05, 0) is 37.1 Å². The molecule has 0 saturated heterocycles. The van der Waals surface area contributed by atoms with Crippen molar-refractivity contribution in [3.63, 3.8) is 0 Å². The first-order valence-electron chi connectivity index (χ1n) is 8.13. The highest BCUT2D eigenvalue weighted by molar-refractivity contribution is 7.92. The van der Waals surface area contributed by atoms with Gasteiger partial charge in [0.05, 0.1) is 7.11 Å². The molecule has 0 bridgehead atoms. The molecule has 134 valence electrons. The lowest BCUT2D eigenvalue weighted by atomic mass is 9.98. The lowest BCUT2D eigenvalue weighted by Gasteiger charge is -2.28. The molecule has 1 aliphatic rings. The number of carbonyl (C=O) groups is 1. The topological polar surface area (TPSA) is 79.5 Å². The summed E-state index contributed by atoms with van der Waals surface area (Å²) in [4.78, 5) is 17.2. The van der Waals surface area contributed by atoms with E-state index in [2.05, 4.69) is 4.98 Å². The van der Waals surface area contributed by atoms with E-state index in [-0.39, 0.29) is 5.91 Å². The Bertz CT molecular complexity index is 943. The third kappa shape index (κ3) is 3.42. The van der Waals surface area contributed by atoms with Crippen LogP contribution in [0.15, 0.2) is 30.5 Å². The fraction of sp³-hybridized carbons (Fsp3) is 0.389. The van der Waals surface area contributed by atoms with Crippen LogP contribution in [0.1, 0.15) is 18.9 Å². The van der Waals surface area contributed by atoms with Crippen LogP contribution >= 0.6 is 0 Å². The SMILES string of the molecule is COc1ccc2[nH]cc(C3=CCN(C(=O)[C@@H](C)S(C)(=O)=O)CC3)c2c1. The number of hydrogen-bond donors (Lipinski definition) is 1. The standard InChI is InChI=1S/C18H22N2O4S/c1-12(25(3,22)23)18(21)20-8-6-13(7-9-20)16-11-19-17-5-4-14(24-2)10-15(16)17/h4-6,10-12,19H,7-9H2,1-3H3/t12-/m1/s1. The molecule has 1 N–H and O–H groups in total. The number of benzene rings is 1. The van der Waals surface area contributed by atoms with Gasteiger partial charge < -0.3 is 14.6 Å². The Morgan fingerprint density at radius 3 is 2.72 bits per heavy atom. The molecular formula is C18H22N2O4S. The Hall–Kier alpha value is -2.28. The molecule has 1 amide bonds. The van der Waals surface area contributed by atoms with Gasteiger partial charge in [0.1, 0.15) is 11.0 Å². The molecule has 1 aromatic carbocycles. The van der Waals surface area contributed by atoms with E-state index in [9.17, 15) is 13.2 Å². The highest BCUT2D eigenvalue weighted by Gasteiger charge is 2.29. The van der Waals surface area contributed by atoms with Gasteiger partial charge in [-0.15, -0.1) is 0 Å². The van der Waals surface area contributed by atoms with Crippen molar-refractivity contribution >= 4 is 32.2 Å². The summed E-state index contributed by atoms with van der Waals surface area (Å²) in [5.74, 6) is 0.460. The van der Waals surface area contributed by atoms with Gasteiger partial charge in [-0.1, -0.05) is 6.08 Å². The first kappa shape index (κ1) is 17.5. The molecule has 3 rings (SSSR count). The zero-order chi connectivity index (χ0) is 18.2. The Labute approximate surface area is 147 Å². The predicted molar refractivity (Wildman–Crippen MR) is 98.3 cm³/mol. The van der Waals surface area contributed by atoms with Crippen LogP contribution in [0.4, 0.5) is 0 Å². The largest absolute Gasteiger partial charge is 0.497 e. The fourth-order valence-corrected chi connectivity index (χ4v) is 3.56. The van der Waals surface area contributed by atoms with E-state index in [0.29, 0.717) is 19.5 Å². The Balaban J connectivity index is 1.83. The molecule has 25 heavy (non-hydrogen) atoms. The zero-order valence-corrected chi connectivity index (χ0v) is 15.4. The number of fused-ring (bicyclic) bond motifs is 1. The molecule has 0 unspecified atom stereocenters. The number of ether oxygens (including phenoxy) is 1. The van der Waals surface area contributed by atoms with E-state index >= 15 is 0 Å². The van der Waals surface area contributed by atoms with Crippen molar-refractivity contribution in [2.24, 2.45) is 0 Å². The monoisotopic (exact) mass is 362 g/mol. The van der Waals surface area contributed by atoms with Gasteiger partial charge in [0.25, 0.3) is 0 Å². The number of methoxy groups -OCH3 is 1. The number of carbonyl (C=O) groups excluding carboxylic acids is 1. The van der Waals surface area contributed by atoms with Crippen molar-refractivity contribution in [2.75, 3.05) is 26.5 Å². The van der Waals surface area contributed by atoms with Crippen LogP contribution in [0.2, 0.25) is 0 Å². The van der Waals surface area contributed by atoms with Crippen molar-refractivity contribution in [1.29, 1.82) is 0 Å². The summed E-state index contributed by atoms with van der Waals surface area (Å²) < 4.78 is 28.5. The van der Waals surface area contributed by atoms with Crippen LogP contribution in [0.5, 0.6) is 5.75 Å². The highest BCUT2D eigenvalue weighted by Crippen LogP contribution is 2.31. The number of rotatable bonds is 4. The van der Waals surface area contributed by atoms with Gasteiger partial charge in [-0.25, -0.2) is 8.42 Å². The number of H-pyrrole nitrogens is 1. The summed E-state index contributed by atoms with van der Waals surface area (Å²) in [6.45, 7) is 2.38. The maximum atomic E-state index is 12.3. The van der Waals surface area contributed by atoms with Crippen molar-refractivity contribution < 1.29 is 17.9 Å². The molecular weight excluding hydrogens is 340 g/mol. The molecule has 7 heteroatoms. The normalized spacial score (nSPS) is 16.6. The van der Waals surface area contributed by atoms with Crippen molar-refractivity contribution in [3.05, 3.63) is 36.0 Å². The van der Waals surface area contributed by atoms with Crippen LogP contribution in [-0.2, 0) is 14.6 Å². The molecule has 1 aliphatic heterocycles. The molecule has 0 aliphatic carbocycles. The maximum Gasteiger partial charge on any atom is 0.240 e. The summed E-state index contributed by atoms with van der Waals surface area (Å²) in [5, 5.41) is 0.0784. The summed E-state index contributed by atoms with van der Waals surface area (Å²) >= 11 is 0. The number of hydrogen-bond acceptors (Lipinski definition) is 4. The quantitative estimate of drug-likeness (QED) is 0.904. The van der Waals surface area contributed by atoms with Crippen LogP contribution in [-0.4, -0.2) is 55.9 Å². The molecule has 1 atom stereocenters. The molecule has 6 nitrogen and oxygen atoms in total. The molecule has 1 aromatic heterocycles. The number of aromatic amines is 1. The lowest BCUT2D eigenvalue weighted by molar-refractivity contribution is -0.130. The molecule has 0 fully saturated rings. The predicted octanol–water partition coefficient (Wildman–Crippen LogP) is 2.23. The zero-order valence-electron chi connectivity index (χ0n) is 14.6. The minimum atomic E-state index is -3.38. The first-order valence-corrected chi connectivity index (χ1v) is 10.1. The smallest absolute Gasteiger partial charge is 0.240 e. The Morgan fingerprint density at radius 1 is 1.36 bits per heavy atom. The number of aromatic nitrogens is 1. The second kappa shape index (κ2) is 6.55. The van der Waals surface area contributed by atoms with E-state index in [4.69, 9.17) is 4.74 Å². The number of sulfone groups is 1. The van der Waals surface area contributed by atoms with Gasteiger partial charge >= 0.3 is 0 Å². The van der Waals surface area contributed by atoms with Crippen molar-refractivity contribution in [1.82, 2.24) is 9.88 Å². The first-order chi connectivity index (χ1) is 11.8. The minimum Gasteiger partial charge on any atom is -0.497 e. The van der Waals surface area contributed by atoms with Crippen molar-refractivity contribution in [2.45, 2.75) is 18.6 Å². The van der Waals surface area contributed by atoms with Crippen LogP contribution in [0.25, 0.3) is 16.5 Å². The Morgan fingerprint density at radius 2 is 2.12 bits per heavy atom. The average molecular weight is 362 g/mol. The van der Waals surface area contributed by atoms with Crippen LogP contribution in [0.3, 0.4) is 0 Å². The summed E-state index contributed by atoms with van der Waals surface area (Å²) in [7, 11) is -1.74.